The summed E-state index contributed by atoms with van der Waals surface area (Å²) >= 11 is 0. The van der Waals surface area contributed by atoms with E-state index in [-0.39, 0.29) is 6.54 Å². The first kappa shape index (κ1) is 15.4. The lowest BCUT2D eigenvalue weighted by Gasteiger charge is -2.20. The second kappa shape index (κ2) is 6.20. The van der Waals surface area contributed by atoms with Crippen LogP contribution in [0.25, 0.3) is 5.57 Å². The largest absolute Gasteiger partial charge is 0.497 e. The van der Waals surface area contributed by atoms with Gasteiger partial charge in [-0.15, -0.1) is 0 Å². The summed E-state index contributed by atoms with van der Waals surface area (Å²) in [6.07, 6.45) is -0.542. The van der Waals surface area contributed by atoms with E-state index < -0.39 is 12.1 Å². The van der Waals surface area contributed by atoms with E-state index >= 15 is 0 Å². The molecule has 2 rings (SSSR count). The highest BCUT2D eigenvalue weighted by atomic mass is 19.4. The summed E-state index contributed by atoms with van der Waals surface area (Å²) in [5.74, 6) is -1.21. The van der Waals surface area contributed by atoms with Crippen LogP contribution in [0.1, 0.15) is 24.0 Å². The quantitative estimate of drug-likeness (QED) is 0.931. The molecule has 0 spiro atoms. The molecular weight excluding hydrogens is 283 g/mol. The van der Waals surface area contributed by atoms with Gasteiger partial charge >= 0.3 is 12.1 Å². The van der Waals surface area contributed by atoms with Crippen molar-refractivity contribution in [2.24, 2.45) is 0 Å². The SMILES string of the molecule is COc1ccc2c(c1)C(=CCNC(=O)C(F)(F)F)CCC2. The zero-order valence-corrected chi connectivity index (χ0v) is 11.6. The average molecular weight is 299 g/mol. The molecule has 1 aromatic rings. The summed E-state index contributed by atoms with van der Waals surface area (Å²) in [5.41, 5.74) is 3.08. The Morgan fingerprint density at radius 2 is 2.14 bits per heavy atom. The molecule has 21 heavy (non-hydrogen) atoms. The smallest absolute Gasteiger partial charge is 0.471 e. The number of carbonyl (C=O) groups is 1. The number of ether oxygens (including phenoxy) is 1. The van der Waals surface area contributed by atoms with Crippen LogP contribution in [-0.4, -0.2) is 25.7 Å². The molecule has 0 aliphatic heterocycles. The maximum absolute atomic E-state index is 12.1. The van der Waals surface area contributed by atoms with Crippen molar-refractivity contribution in [3.63, 3.8) is 0 Å². The van der Waals surface area contributed by atoms with Crippen LogP contribution in [0, 0.1) is 0 Å². The van der Waals surface area contributed by atoms with Crippen molar-refractivity contribution in [2.75, 3.05) is 13.7 Å². The fourth-order valence-corrected chi connectivity index (χ4v) is 2.38. The van der Waals surface area contributed by atoms with Crippen LogP contribution in [0.4, 0.5) is 13.2 Å². The zero-order chi connectivity index (χ0) is 15.5. The monoisotopic (exact) mass is 299 g/mol. The number of amides is 1. The van der Waals surface area contributed by atoms with Gasteiger partial charge in [-0.05, 0) is 48.1 Å². The molecular formula is C15H16F3NO2. The third-order valence-electron chi connectivity index (χ3n) is 3.42. The molecule has 0 bridgehead atoms. The Bertz CT molecular complexity index is 565. The lowest BCUT2D eigenvalue weighted by molar-refractivity contribution is -0.173. The van der Waals surface area contributed by atoms with Crippen LogP contribution in [0.3, 0.4) is 0 Å². The molecule has 1 aliphatic rings. The van der Waals surface area contributed by atoms with E-state index in [2.05, 4.69) is 0 Å². The number of halogens is 3. The van der Waals surface area contributed by atoms with Crippen molar-refractivity contribution in [1.29, 1.82) is 0 Å². The van der Waals surface area contributed by atoms with E-state index in [4.69, 9.17) is 4.74 Å². The molecule has 0 aromatic heterocycles. The first-order chi connectivity index (χ1) is 9.91. The number of methoxy groups -OCH3 is 1. The van der Waals surface area contributed by atoms with Crippen molar-refractivity contribution in [3.8, 4) is 5.75 Å². The van der Waals surface area contributed by atoms with Gasteiger partial charge in [0.1, 0.15) is 5.75 Å². The molecule has 1 N–H and O–H groups in total. The van der Waals surface area contributed by atoms with Crippen LogP contribution in [0.5, 0.6) is 5.75 Å². The third-order valence-corrected chi connectivity index (χ3v) is 3.42. The fourth-order valence-electron chi connectivity index (χ4n) is 2.38. The van der Waals surface area contributed by atoms with Gasteiger partial charge in [-0.25, -0.2) is 0 Å². The predicted octanol–water partition coefficient (Wildman–Crippen LogP) is 3.09. The molecule has 0 heterocycles. The predicted molar refractivity (Wildman–Crippen MR) is 73.0 cm³/mol. The summed E-state index contributed by atoms with van der Waals surface area (Å²) < 4.78 is 41.5. The Kier molecular flexibility index (Phi) is 4.55. The third kappa shape index (κ3) is 3.77. The number of benzene rings is 1. The fraction of sp³-hybridized carbons (Fsp3) is 0.400. The number of nitrogens with one attached hydrogen (secondary N) is 1. The van der Waals surface area contributed by atoms with Crippen LogP contribution in [-0.2, 0) is 11.2 Å². The number of rotatable bonds is 3. The number of hydrogen-bond donors (Lipinski definition) is 1. The second-order valence-corrected chi connectivity index (χ2v) is 4.81. The molecule has 6 heteroatoms. The number of hydrogen-bond acceptors (Lipinski definition) is 2. The minimum Gasteiger partial charge on any atom is -0.497 e. The van der Waals surface area contributed by atoms with Gasteiger partial charge < -0.3 is 10.1 Å². The summed E-state index contributed by atoms with van der Waals surface area (Å²) in [6.45, 7) is -0.135. The highest BCUT2D eigenvalue weighted by molar-refractivity contribution is 5.82. The molecule has 1 aromatic carbocycles. The van der Waals surface area contributed by atoms with E-state index in [1.54, 1.807) is 13.2 Å². The molecule has 0 saturated heterocycles. The molecule has 0 atom stereocenters. The van der Waals surface area contributed by atoms with E-state index in [0.29, 0.717) is 5.75 Å². The summed E-state index contributed by atoms with van der Waals surface area (Å²) in [6, 6.07) is 5.72. The van der Waals surface area contributed by atoms with Gasteiger partial charge in [0, 0.05) is 6.54 Å². The lowest BCUT2D eigenvalue weighted by Crippen LogP contribution is -2.36. The van der Waals surface area contributed by atoms with Crippen molar-refractivity contribution in [1.82, 2.24) is 5.32 Å². The second-order valence-electron chi connectivity index (χ2n) is 4.81. The highest BCUT2D eigenvalue weighted by Crippen LogP contribution is 2.33. The number of fused-ring (bicyclic) bond motifs is 1. The number of allylic oxidation sites excluding steroid dienone is 1. The van der Waals surface area contributed by atoms with Crippen molar-refractivity contribution in [3.05, 3.63) is 35.4 Å². The summed E-state index contributed by atoms with van der Waals surface area (Å²) in [4.78, 5) is 10.8. The Morgan fingerprint density at radius 1 is 1.38 bits per heavy atom. The van der Waals surface area contributed by atoms with Crippen LogP contribution < -0.4 is 10.1 Å². The standard InChI is InChI=1S/C15H16F3NO2/c1-21-12-6-5-10-3-2-4-11(13(10)9-12)7-8-19-14(20)15(16,17)18/h5-7,9H,2-4,8H2,1H3,(H,19,20). The molecule has 114 valence electrons. The van der Waals surface area contributed by atoms with E-state index in [9.17, 15) is 18.0 Å². The molecule has 1 aliphatic carbocycles. The Hall–Kier alpha value is -1.98. The first-order valence-electron chi connectivity index (χ1n) is 6.63. The average Bonchev–Trinajstić information content (AvgIpc) is 2.45. The van der Waals surface area contributed by atoms with E-state index in [0.717, 1.165) is 36.0 Å². The minimum absolute atomic E-state index is 0.135. The molecule has 0 unspecified atom stereocenters. The maximum Gasteiger partial charge on any atom is 0.471 e. The van der Waals surface area contributed by atoms with Crippen molar-refractivity contribution in [2.45, 2.75) is 25.4 Å². The molecule has 0 fully saturated rings. The molecule has 1 amide bonds. The molecule has 0 saturated carbocycles. The Balaban J connectivity index is 2.12. The molecule has 0 radical (unpaired) electrons. The maximum atomic E-state index is 12.1. The topological polar surface area (TPSA) is 38.3 Å². The van der Waals surface area contributed by atoms with Gasteiger partial charge in [0.15, 0.2) is 0 Å². The highest BCUT2D eigenvalue weighted by Gasteiger charge is 2.38. The van der Waals surface area contributed by atoms with E-state index in [1.807, 2.05) is 23.5 Å². The van der Waals surface area contributed by atoms with Crippen LogP contribution >= 0.6 is 0 Å². The number of carbonyl (C=O) groups excluding carboxylic acids is 1. The normalized spacial score (nSPS) is 16.5. The Labute approximate surface area is 120 Å². The lowest BCUT2D eigenvalue weighted by atomic mass is 9.87. The van der Waals surface area contributed by atoms with Gasteiger partial charge in [0.25, 0.3) is 0 Å². The number of aryl methyl sites for hydroxylation is 1. The van der Waals surface area contributed by atoms with Crippen molar-refractivity contribution >= 4 is 11.5 Å². The van der Waals surface area contributed by atoms with Crippen LogP contribution in [0.15, 0.2) is 24.3 Å². The van der Waals surface area contributed by atoms with Gasteiger partial charge in [0.2, 0.25) is 0 Å². The van der Waals surface area contributed by atoms with Crippen molar-refractivity contribution < 1.29 is 22.7 Å². The van der Waals surface area contributed by atoms with E-state index in [1.165, 1.54) is 0 Å². The van der Waals surface area contributed by atoms with Gasteiger partial charge in [-0.1, -0.05) is 12.1 Å². The van der Waals surface area contributed by atoms with Gasteiger partial charge in [0.05, 0.1) is 7.11 Å². The van der Waals surface area contributed by atoms with Crippen LogP contribution in [0.2, 0.25) is 0 Å². The summed E-state index contributed by atoms with van der Waals surface area (Å²) in [7, 11) is 1.57. The van der Waals surface area contributed by atoms with Gasteiger partial charge in [-0.2, -0.15) is 13.2 Å². The van der Waals surface area contributed by atoms with Gasteiger partial charge in [-0.3, -0.25) is 4.79 Å². The number of alkyl halides is 3. The minimum atomic E-state index is -4.84. The molecule has 3 nitrogen and oxygen atoms in total. The summed E-state index contributed by atoms with van der Waals surface area (Å²) in [5, 5.41) is 1.86. The zero-order valence-electron chi connectivity index (χ0n) is 11.6. The first-order valence-corrected chi connectivity index (χ1v) is 6.63. The Morgan fingerprint density at radius 3 is 2.81 bits per heavy atom.